The Morgan fingerprint density at radius 2 is 1.78 bits per heavy atom. The number of fused-ring (bicyclic) bond motifs is 1. The van der Waals surface area contributed by atoms with Gasteiger partial charge in [0.05, 0.1) is 6.61 Å². The number of ketones is 1. The van der Waals surface area contributed by atoms with Gasteiger partial charge in [-0.05, 0) is 44.4 Å². The van der Waals surface area contributed by atoms with Crippen molar-refractivity contribution < 1.29 is 23.8 Å². The van der Waals surface area contributed by atoms with E-state index in [2.05, 4.69) is 10.2 Å². The molecule has 37 heavy (non-hydrogen) atoms. The van der Waals surface area contributed by atoms with Crippen LogP contribution in [0, 0.1) is 5.41 Å². The summed E-state index contributed by atoms with van der Waals surface area (Å²) in [5.74, 6) is 0.949. The average molecular weight is 512 g/mol. The number of Topliss-reactive ketones (excluding diaryl/α,β-unsaturated/α-hetero) is 1. The van der Waals surface area contributed by atoms with Crippen LogP contribution in [0.1, 0.15) is 69.8 Å². The number of ether oxygens (including phenoxy) is 3. The molecule has 1 aromatic carbocycles. The number of carbonyl (C=O) groups excluding carboxylic acids is 2. The second-order valence-corrected chi connectivity index (χ2v) is 11.1. The molecule has 0 bridgehead atoms. The predicted octanol–water partition coefficient (Wildman–Crippen LogP) is 4.39. The third kappa shape index (κ3) is 6.60. The molecule has 4 rings (SSSR count). The zero-order chi connectivity index (χ0) is 26.4. The van der Waals surface area contributed by atoms with E-state index in [0.717, 1.165) is 57.0 Å². The normalized spacial score (nSPS) is 18.6. The van der Waals surface area contributed by atoms with Crippen LogP contribution in [-0.2, 0) is 9.53 Å². The van der Waals surface area contributed by atoms with Crippen LogP contribution in [-0.4, -0.2) is 73.7 Å². The number of nitrogens with one attached hydrogen (secondary N) is 1. The smallest absolute Gasteiger partial charge is 0.273 e. The van der Waals surface area contributed by atoms with E-state index in [1.807, 2.05) is 32.9 Å². The molecule has 2 fully saturated rings. The summed E-state index contributed by atoms with van der Waals surface area (Å²) in [6.07, 6.45) is 6.38. The van der Waals surface area contributed by atoms with Crippen molar-refractivity contribution in [2.24, 2.45) is 5.41 Å². The second kappa shape index (κ2) is 12.2. The first-order valence-corrected chi connectivity index (χ1v) is 13.5. The maximum absolute atomic E-state index is 14.1. The fourth-order valence-electron chi connectivity index (χ4n) is 5.15. The van der Waals surface area contributed by atoms with E-state index in [9.17, 15) is 9.59 Å². The van der Waals surface area contributed by atoms with Gasteiger partial charge in [0.25, 0.3) is 5.91 Å². The molecule has 1 saturated heterocycles. The second-order valence-electron chi connectivity index (χ2n) is 11.1. The number of para-hydroxylation sites is 1. The predicted molar refractivity (Wildman–Crippen MR) is 143 cm³/mol. The van der Waals surface area contributed by atoms with E-state index < -0.39 is 5.41 Å². The summed E-state index contributed by atoms with van der Waals surface area (Å²) < 4.78 is 17.2. The van der Waals surface area contributed by atoms with E-state index in [-0.39, 0.29) is 30.4 Å². The third-order valence-electron chi connectivity index (χ3n) is 7.34. The Morgan fingerprint density at radius 1 is 1.03 bits per heavy atom. The zero-order valence-electron chi connectivity index (χ0n) is 22.7. The van der Waals surface area contributed by atoms with Crippen molar-refractivity contribution in [1.29, 1.82) is 0 Å². The third-order valence-corrected chi connectivity index (χ3v) is 7.34. The van der Waals surface area contributed by atoms with Crippen molar-refractivity contribution in [3.05, 3.63) is 30.0 Å². The van der Waals surface area contributed by atoms with Crippen molar-refractivity contribution in [3.63, 3.8) is 0 Å². The first-order chi connectivity index (χ1) is 17.8. The molecule has 1 aliphatic carbocycles. The molecule has 2 heterocycles. The molecule has 8 heteroatoms. The summed E-state index contributed by atoms with van der Waals surface area (Å²) >= 11 is 0. The minimum absolute atomic E-state index is 0.00879. The molecule has 2 aromatic rings. The van der Waals surface area contributed by atoms with Crippen LogP contribution < -0.4 is 14.8 Å². The summed E-state index contributed by atoms with van der Waals surface area (Å²) in [4.78, 5) is 33.6. The molecular formula is C29H41N3O5. The van der Waals surface area contributed by atoms with Gasteiger partial charge in [-0.1, -0.05) is 39.7 Å². The van der Waals surface area contributed by atoms with Crippen LogP contribution in [0.15, 0.2) is 24.3 Å². The number of rotatable bonds is 10. The van der Waals surface area contributed by atoms with Crippen molar-refractivity contribution >= 4 is 22.6 Å². The van der Waals surface area contributed by atoms with E-state index in [0.29, 0.717) is 35.9 Å². The van der Waals surface area contributed by atoms with Gasteiger partial charge in [-0.15, -0.1) is 0 Å². The van der Waals surface area contributed by atoms with Crippen LogP contribution in [0.5, 0.6) is 11.5 Å². The number of carbonyl (C=O) groups is 2. The first kappa shape index (κ1) is 27.3. The number of hydrogen-bond acceptors (Lipinski definition) is 7. The molecule has 0 radical (unpaired) electrons. The lowest BCUT2D eigenvalue weighted by Crippen LogP contribution is -2.52. The molecule has 1 aliphatic heterocycles. The summed E-state index contributed by atoms with van der Waals surface area (Å²) in [7, 11) is 1.62. The first-order valence-electron chi connectivity index (χ1n) is 13.5. The molecule has 0 spiro atoms. The summed E-state index contributed by atoms with van der Waals surface area (Å²) in [6.45, 7) is 8.10. The number of piperidine rings is 1. The summed E-state index contributed by atoms with van der Waals surface area (Å²) in [5.41, 5.74) is 0.356. The zero-order valence-corrected chi connectivity index (χ0v) is 22.7. The topological polar surface area (TPSA) is 90.0 Å². The van der Waals surface area contributed by atoms with E-state index in [1.165, 1.54) is 0 Å². The summed E-state index contributed by atoms with van der Waals surface area (Å²) in [5, 5.41) is 4.20. The van der Waals surface area contributed by atoms with Crippen molar-refractivity contribution in [2.75, 3.05) is 40.0 Å². The maximum atomic E-state index is 14.1. The fourth-order valence-corrected chi connectivity index (χ4v) is 5.15. The van der Waals surface area contributed by atoms with Gasteiger partial charge in [0.2, 0.25) is 0 Å². The van der Waals surface area contributed by atoms with Crippen molar-refractivity contribution in [3.8, 4) is 11.5 Å². The van der Waals surface area contributed by atoms with Gasteiger partial charge < -0.3 is 24.4 Å². The van der Waals surface area contributed by atoms with Gasteiger partial charge >= 0.3 is 0 Å². The highest BCUT2D eigenvalue weighted by Gasteiger charge is 2.35. The number of amides is 1. The summed E-state index contributed by atoms with van der Waals surface area (Å²) in [6, 6.07) is 7.67. The lowest BCUT2D eigenvalue weighted by molar-refractivity contribution is -0.128. The SMILES string of the molecule is COCCOc1cc(C(=O)N(C2CCCC2)[C@@H]2CCCNC2)nc2c(OCC(=O)C(C)(C)C)cccc12. The quantitative estimate of drug-likeness (QED) is 0.473. The van der Waals surface area contributed by atoms with Crippen LogP contribution in [0.3, 0.4) is 0 Å². The van der Waals surface area contributed by atoms with E-state index in [1.54, 1.807) is 19.2 Å². The van der Waals surface area contributed by atoms with Gasteiger partial charge in [0, 0.05) is 42.6 Å². The number of nitrogens with zero attached hydrogens (tertiary/aromatic N) is 2. The van der Waals surface area contributed by atoms with Crippen molar-refractivity contribution in [1.82, 2.24) is 15.2 Å². The Balaban J connectivity index is 1.72. The lowest BCUT2D eigenvalue weighted by atomic mass is 9.91. The molecule has 202 valence electrons. The molecule has 2 aliphatic rings. The van der Waals surface area contributed by atoms with Crippen molar-refractivity contribution in [2.45, 2.75) is 71.4 Å². The fraction of sp³-hybridized carbons (Fsp3) is 0.621. The molecule has 1 amide bonds. The van der Waals surface area contributed by atoms with Gasteiger partial charge in [0.15, 0.2) is 5.78 Å². The monoisotopic (exact) mass is 511 g/mol. The highest BCUT2D eigenvalue weighted by molar-refractivity contribution is 5.99. The van der Waals surface area contributed by atoms with Gasteiger partial charge in [-0.3, -0.25) is 9.59 Å². The largest absolute Gasteiger partial charge is 0.490 e. The standard InChI is InChI=1S/C29H41N3O5/c1-29(2,3)26(33)19-37-24-13-7-12-22-25(36-16-15-35-4)17-23(31-27(22)24)28(34)32(20-9-5-6-10-20)21-11-8-14-30-18-21/h7,12-13,17,20-21,30H,5-6,8-11,14-16,18-19H2,1-4H3/t21-/m1/s1. The van der Waals surface area contributed by atoms with Crippen LogP contribution >= 0.6 is 0 Å². The lowest BCUT2D eigenvalue weighted by Gasteiger charge is -2.38. The maximum Gasteiger partial charge on any atom is 0.273 e. The average Bonchev–Trinajstić information content (AvgIpc) is 3.41. The number of benzene rings is 1. The molecular weight excluding hydrogens is 470 g/mol. The van der Waals surface area contributed by atoms with Gasteiger partial charge in [0.1, 0.15) is 35.9 Å². The Morgan fingerprint density at radius 3 is 2.46 bits per heavy atom. The number of pyridine rings is 1. The Bertz CT molecular complexity index is 1080. The number of methoxy groups -OCH3 is 1. The van der Waals surface area contributed by atoms with Gasteiger partial charge in [-0.25, -0.2) is 4.98 Å². The molecule has 0 unspecified atom stereocenters. The van der Waals surface area contributed by atoms with Crippen LogP contribution in [0.25, 0.3) is 10.9 Å². The van der Waals surface area contributed by atoms with Gasteiger partial charge in [-0.2, -0.15) is 0 Å². The van der Waals surface area contributed by atoms with E-state index in [4.69, 9.17) is 19.2 Å². The number of aromatic nitrogens is 1. The molecule has 1 N–H and O–H groups in total. The van der Waals surface area contributed by atoms with Crippen LogP contribution in [0.2, 0.25) is 0 Å². The highest BCUT2D eigenvalue weighted by Crippen LogP contribution is 2.34. The van der Waals surface area contributed by atoms with Crippen LogP contribution in [0.4, 0.5) is 0 Å². The Kier molecular flexibility index (Phi) is 9.03. The Labute approximate surface area is 220 Å². The molecule has 1 atom stereocenters. The molecule has 1 aromatic heterocycles. The number of hydrogen-bond donors (Lipinski definition) is 1. The highest BCUT2D eigenvalue weighted by atomic mass is 16.5. The minimum atomic E-state index is -0.511. The molecule has 8 nitrogen and oxygen atoms in total. The minimum Gasteiger partial charge on any atom is -0.490 e. The molecule has 1 saturated carbocycles. The Hall–Kier alpha value is -2.71. The van der Waals surface area contributed by atoms with E-state index >= 15 is 0 Å².